The van der Waals surface area contributed by atoms with E-state index in [2.05, 4.69) is 22.1 Å². The Kier molecular flexibility index (Phi) is 3.27. The van der Waals surface area contributed by atoms with Crippen LogP contribution in [0.2, 0.25) is 0 Å². The van der Waals surface area contributed by atoms with Crippen molar-refractivity contribution in [3.05, 3.63) is 90.8 Å². The number of pyridine rings is 1. The fraction of sp³-hybridized carbons (Fsp3) is 0.0526. The molecule has 0 saturated carbocycles. The van der Waals surface area contributed by atoms with E-state index in [0.717, 1.165) is 22.0 Å². The molecular weight excluding hydrogens is 286 g/mol. The molecule has 0 radical (unpaired) electrons. The predicted octanol–water partition coefficient (Wildman–Crippen LogP) is 3.77. The lowest BCUT2D eigenvalue weighted by Gasteiger charge is -2.20. The van der Waals surface area contributed by atoms with Crippen LogP contribution in [-0.2, 0) is 0 Å². The van der Waals surface area contributed by atoms with Gasteiger partial charge in [-0.15, -0.1) is 0 Å². The van der Waals surface area contributed by atoms with E-state index in [4.69, 9.17) is 0 Å². The average Bonchev–Trinajstić information content (AvgIpc) is 3.11. The minimum absolute atomic E-state index is 0.0933. The number of aromatic hydroxyl groups is 1. The molecule has 0 aliphatic rings. The maximum absolute atomic E-state index is 9.58. The van der Waals surface area contributed by atoms with Gasteiger partial charge in [-0.1, -0.05) is 36.4 Å². The molecule has 0 aliphatic carbocycles. The number of phenolic OH excluding ortho intramolecular Hbond substituents is 1. The standard InChI is InChI=1S/C19H15N3O/c23-16-7-5-15(6-8-16)19(22-12-11-20-13-22)18-17-4-2-1-3-14(17)9-10-21-18/h1-13,19,23H. The Balaban J connectivity index is 1.96. The number of nitrogens with zero attached hydrogens (tertiary/aromatic N) is 3. The van der Waals surface area contributed by atoms with E-state index in [-0.39, 0.29) is 11.8 Å². The molecule has 1 unspecified atom stereocenters. The van der Waals surface area contributed by atoms with Crippen LogP contribution in [0.1, 0.15) is 17.3 Å². The number of hydrogen-bond acceptors (Lipinski definition) is 3. The van der Waals surface area contributed by atoms with Gasteiger partial charge < -0.3 is 9.67 Å². The van der Waals surface area contributed by atoms with Crippen molar-refractivity contribution in [2.24, 2.45) is 0 Å². The van der Waals surface area contributed by atoms with E-state index in [0.29, 0.717) is 0 Å². The van der Waals surface area contributed by atoms with E-state index in [1.807, 2.05) is 47.3 Å². The minimum atomic E-state index is -0.0933. The zero-order valence-electron chi connectivity index (χ0n) is 12.4. The Hall–Kier alpha value is -3.14. The molecule has 2 aromatic carbocycles. The molecule has 0 fully saturated rings. The van der Waals surface area contributed by atoms with E-state index in [9.17, 15) is 5.11 Å². The zero-order valence-corrected chi connectivity index (χ0v) is 12.4. The molecule has 4 rings (SSSR count). The summed E-state index contributed by atoms with van der Waals surface area (Å²) in [4.78, 5) is 8.83. The maximum atomic E-state index is 9.58. The Bertz CT molecular complexity index is 925. The number of hydrogen-bond donors (Lipinski definition) is 1. The number of phenols is 1. The number of aromatic nitrogens is 3. The molecule has 2 heterocycles. The molecule has 2 aromatic heterocycles. The van der Waals surface area contributed by atoms with Gasteiger partial charge in [0, 0.05) is 24.0 Å². The number of benzene rings is 2. The molecular formula is C19H15N3O. The molecule has 4 nitrogen and oxygen atoms in total. The second-order valence-electron chi connectivity index (χ2n) is 5.42. The molecule has 0 saturated heterocycles. The first-order valence-corrected chi connectivity index (χ1v) is 7.43. The van der Waals surface area contributed by atoms with Gasteiger partial charge in [0.1, 0.15) is 11.8 Å². The number of imidazole rings is 1. The van der Waals surface area contributed by atoms with Gasteiger partial charge in [0.25, 0.3) is 0 Å². The van der Waals surface area contributed by atoms with Crippen molar-refractivity contribution in [3.8, 4) is 5.75 Å². The Morgan fingerprint density at radius 1 is 0.913 bits per heavy atom. The normalized spacial score (nSPS) is 12.3. The van der Waals surface area contributed by atoms with Crippen molar-refractivity contribution in [3.63, 3.8) is 0 Å². The van der Waals surface area contributed by atoms with Gasteiger partial charge in [-0.3, -0.25) is 4.98 Å². The Morgan fingerprint density at radius 2 is 1.74 bits per heavy atom. The van der Waals surface area contributed by atoms with Gasteiger partial charge in [-0.05, 0) is 29.1 Å². The van der Waals surface area contributed by atoms with Crippen molar-refractivity contribution >= 4 is 10.8 Å². The number of rotatable bonds is 3. The van der Waals surface area contributed by atoms with Crippen LogP contribution in [0.25, 0.3) is 10.8 Å². The van der Waals surface area contributed by atoms with Gasteiger partial charge in [0.2, 0.25) is 0 Å². The highest BCUT2D eigenvalue weighted by Gasteiger charge is 2.19. The van der Waals surface area contributed by atoms with E-state index >= 15 is 0 Å². The molecule has 4 aromatic rings. The van der Waals surface area contributed by atoms with Crippen molar-refractivity contribution in [2.45, 2.75) is 6.04 Å². The van der Waals surface area contributed by atoms with Crippen LogP contribution in [0.5, 0.6) is 5.75 Å². The molecule has 1 N–H and O–H groups in total. The molecule has 4 heteroatoms. The Labute approximate surface area is 133 Å². The maximum Gasteiger partial charge on any atom is 0.115 e. The lowest BCUT2D eigenvalue weighted by atomic mass is 9.98. The molecule has 0 spiro atoms. The van der Waals surface area contributed by atoms with Gasteiger partial charge in [0.05, 0.1) is 12.0 Å². The van der Waals surface area contributed by atoms with Gasteiger partial charge in [0.15, 0.2) is 0 Å². The van der Waals surface area contributed by atoms with E-state index < -0.39 is 0 Å². The van der Waals surface area contributed by atoms with Crippen LogP contribution in [0.4, 0.5) is 0 Å². The summed E-state index contributed by atoms with van der Waals surface area (Å²) in [7, 11) is 0. The monoisotopic (exact) mass is 301 g/mol. The summed E-state index contributed by atoms with van der Waals surface area (Å²) in [6, 6.07) is 17.4. The Morgan fingerprint density at radius 3 is 2.52 bits per heavy atom. The first-order chi connectivity index (χ1) is 11.3. The fourth-order valence-electron chi connectivity index (χ4n) is 2.91. The molecule has 0 bridgehead atoms. The lowest BCUT2D eigenvalue weighted by molar-refractivity contribution is 0.474. The fourth-order valence-corrected chi connectivity index (χ4v) is 2.91. The second-order valence-corrected chi connectivity index (χ2v) is 5.42. The minimum Gasteiger partial charge on any atom is -0.508 e. The quantitative estimate of drug-likeness (QED) is 0.626. The summed E-state index contributed by atoms with van der Waals surface area (Å²) >= 11 is 0. The zero-order chi connectivity index (χ0) is 15.6. The molecule has 1 atom stereocenters. The summed E-state index contributed by atoms with van der Waals surface area (Å²) in [5, 5.41) is 11.8. The van der Waals surface area contributed by atoms with Crippen molar-refractivity contribution in [2.75, 3.05) is 0 Å². The molecule has 23 heavy (non-hydrogen) atoms. The van der Waals surface area contributed by atoms with Crippen LogP contribution >= 0.6 is 0 Å². The SMILES string of the molecule is Oc1ccc(C(c2nccc3ccccc23)n2ccnc2)cc1. The summed E-state index contributed by atoms with van der Waals surface area (Å²) < 4.78 is 2.03. The highest BCUT2D eigenvalue weighted by molar-refractivity contribution is 5.85. The summed E-state index contributed by atoms with van der Waals surface area (Å²) in [5.41, 5.74) is 2.01. The second kappa shape index (κ2) is 5.57. The molecule has 0 amide bonds. The van der Waals surface area contributed by atoms with E-state index in [1.165, 1.54) is 0 Å². The smallest absolute Gasteiger partial charge is 0.115 e. The van der Waals surface area contributed by atoms with Crippen LogP contribution in [-0.4, -0.2) is 19.6 Å². The summed E-state index contributed by atoms with van der Waals surface area (Å²) in [5.74, 6) is 0.254. The first-order valence-electron chi connectivity index (χ1n) is 7.43. The lowest BCUT2D eigenvalue weighted by Crippen LogP contribution is -2.12. The van der Waals surface area contributed by atoms with Crippen LogP contribution in [0.15, 0.2) is 79.5 Å². The summed E-state index contributed by atoms with van der Waals surface area (Å²) in [6.45, 7) is 0. The van der Waals surface area contributed by atoms with Crippen molar-refractivity contribution in [1.82, 2.24) is 14.5 Å². The molecule has 0 aliphatic heterocycles. The van der Waals surface area contributed by atoms with Crippen LogP contribution in [0, 0.1) is 0 Å². The highest BCUT2D eigenvalue weighted by Crippen LogP contribution is 2.31. The predicted molar refractivity (Wildman–Crippen MR) is 89.3 cm³/mol. The average molecular weight is 301 g/mol. The first kappa shape index (κ1) is 13.5. The third kappa shape index (κ3) is 2.44. The van der Waals surface area contributed by atoms with E-state index in [1.54, 1.807) is 24.7 Å². The number of fused-ring (bicyclic) bond motifs is 1. The van der Waals surface area contributed by atoms with Crippen molar-refractivity contribution < 1.29 is 5.11 Å². The summed E-state index contributed by atoms with van der Waals surface area (Å²) in [6.07, 6.45) is 7.32. The largest absolute Gasteiger partial charge is 0.508 e. The van der Waals surface area contributed by atoms with Gasteiger partial charge in [-0.2, -0.15) is 0 Å². The van der Waals surface area contributed by atoms with Crippen molar-refractivity contribution in [1.29, 1.82) is 0 Å². The third-order valence-corrected chi connectivity index (χ3v) is 4.00. The van der Waals surface area contributed by atoms with Gasteiger partial charge in [-0.25, -0.2) is 4.98 Å². The molecule has 112 valence electrons. The van der Waals surface area contributed by atoms with Crippen LogP contribution in [0.3, 0.4) is 0 Å². The topological polar surface area (TPSA) is 50.9 Å². The highest BCUT2D eigenvalue weighted by atomic mass is 16.3. The van der Waals surface area contributed by atoms with Crippen LogP contribution < -0.4 is 0 Å². The third-order valence-electron chi connectivity index (χ3n) is 4.00. The van der Waals surface area contributed by atoms with Gasteiger partial charge >= 0.3 is 0 Å².